The monoisotopic (exact) mass is 272 g/mol. The summed E-state index contributed by atoms with van der Waals surface area (Å²) in [5, 5.41) is 11.7. The van der Waals surface area contributed by atoms with E-state index < -0.39 is 11.6 Å². The van der Waals surface area contributed by atoms with Crippen LogP contribution in [0.15, 0.2) is 30.3 Å². The number of hydrogen-bond acceptors (Lipinski definition) is 2. The minimum atomic E-state index is -0.477. The van der Waals surface area contributed by atoms with Crippen molar-refractivity contribution in [2.45, 2.75) is 20.4 Å². The molecule has 0 fully saturated rings. The van der Waals surface area contributed by atoms with Gasteiger partial charge in [0.15, 0.2) is 0 Å². The summed E-state index contributed by atoms with van der Waals surface area (Å²) in [6.07, 6.45) is 0. The molecule has 4 heteroatoms. The Morgan fingerprint density at radius 3 is 2.45 bits per heavy atom. The Hall–Kier alpha value is -2.41. The second-order valence-electron chi connectivity index (χ2n) is 4.69. The van der Waals surface area contributed by atoms with Gasteiger partial charge in [0, 0.05) is 12.6 Å². The number of benzene rings is 2. The highest BCUT2D eigenvalue weighted by Crippen LogP contribution is 2.20. The van der Waals surface area contributed by atoms with Crippen molar-refractivity contribution in [3.8, 4) is 6.07 Å². The molecule has 0 unspecified atom stereocenters. The van der Waals surface area contributed by atoms with Crippen molar-refractivity contribution in [3.05, 3.63) is 64.2 Å². The number of hydrogen-bond donors (Lipinski definition) is 1. The van der Waals surface area contributed by atoms with Crippen LogP contribution in [0.3, 0.4) is 0 Å². The fourth-order valence-electron chi connectivity index (χ4n) is 1.94. The summed E-state index contributed by atoms with van der Waals surface area (Å²) in [6.45, 7) is 3.77. The highest BCUT2D eigenvalue weighted by Gasteiger charge is 2.07. The number of halogens is 2. The normalized spacial score (nSPS) is 10.2. The summed E-state index contributed by atoms with van der Waals surface area (Å²) < 4.78 is 27.1. The fourth-order valence-corrected chi connectivity index (χ4v) is 1.94. The molecular weight excluding hydrogens is 258 g/mol. The van der Waals surface area contributed by atoms with Crippen molar-refractivity contribution < 1.29 is 8.78 Å². The summed E-state index contributed by atoms with van der Waals surface area (Å²) in [7, 11) is 0. The number of anilines is 1. The van der Waals surface area contributed by atoms with E-state index in [0.717, 1.165) is 17.2 Å². The molecule has 1 N–H and O–H groups in total. The van der Waals surface area contributed by atoms with Crippen LogP contribution in [0, 0.1) is 36.8 Å². The van der Waals surface area contributed by atoms with Gasteiger partial charge in [0.05, 0.1) is 17.3 Å². The molecule has 0 spiro atoms. The smallest absolute Gasteiger partial charge is 0.146 e. The SMILES string of the molecule is Cc1cc(F)c(NCc2ccc(C#N)cc2C)cc1F. The molecule has 0 amide bonds. The van der Waals surface area contributed by atoms with E-state index in [2.05, 4.69) is 11.4 Å². The molecule has 2 rings (SSSR count). The lowest BCUT2D eigenvalue weighted by molar-refractivity contribution is 0.594. The molecular formula is C16H14F2N2. The molecule has 0 bridgehead atoms. The molecule has 0 atom stereocenters. The van der Waals surface area contributed by atoms with Crippen LogP contribution < -0.4 is 5.32 Å². The van der Waals surface area contributed by atoms with Gasteiger partial charge in [-0.3, -0.25) is 0 Å². The van der Waals surface area contributed by atoms with E-state index in [0.29, 0.717) is 12.1 Å². The van der Waals surface area contributed by atoms with E-state index in [9.17, 15) is 8.78 Å². The van der Waals surface area contributed by atoms with Crippen LogP contribution in [0.2, 0.25) is 0 Å². The lowest BCUT2D eigenvalue weighted by atomic mass is 10.1. The molecule has 20 heavy (non-hydrogen) atoms. The Labute approximate surface area is 116 Å². The molecule has 0 aliphatic heterocycles. The van der Waals surface area contributed by atoms with E-state index >= 15 is 0 Å². The number of rotatable bonds is 3. The first kappa shape index (κ1) is 14.0. The summed E-state index contributed by atoms with van der Waals surface area (Å²) in [6, 6.07) is 9.67. The molecule has 2 aromatic rings. The van der Waals surface area contributed by atoms with Crippen molar-refractivity contribution in [1.82, 2.24) is 0 Å². The first-order valence-electron chi connectivity index (χ1n) is 6.20. The molecule has 0 radical (unpaired) electrons. The van der Waals surface area contributed by atoms with Gasteiger partial charge in [0.2, 0.25) is 0 Å². The zero-order chi connectivity index (χ0) is 14.7. The highest BCUT2D eigenvalue weighted by atomic mass is 19.1. The largest absolute Gasteiger partial charge is 0.379 e. The zero-order valence-electron chi connectivity index (χ0n) is 11.3. The lowest BCUT2D eigenvalue weighted by Gasteiger charge is -2.11. The van der Waals surface area contributed by atoms with Crippen LogP contribution in [0.4, 0.5) is 14.5 Å². The van der Waals surface area contributed by atoms with Crippen molar-refractivity contribution in [2.75, 3.05) is 5.32 Å². The molecule has 2 aromatic carbocycles. The molecule has 0 saturated carbocycles. The standard InChI is InChI=1S/C16H14F2N2/c1-10-5-12(8-19)3-4-13(10)9-20-16-7-14(17)11(2)6-15(16)18/h3-7,20H,9H2,1-2H3. The lowest BCUT2D eigenvalue weighted by Crippen LogP contribution is -2.04. The predicted octanol–water partition coefficient (Wildman–Crippen LogP) is 4.07. The molecule has 0 heterocycles. The van der Waals surface area contributed by atoms with Crippen LogP contribution in [0.1, 0.15) is 22.3 Å². The van der Waals surface area contributed by atoms with Crippen molar-refractivity contribution in [2.24, 2.45) is 0 Å². The van der Waals surface area contributed by atoms with E-state index in [-0.39, 0.29) is 11.3 Å². The third kappa shape index (κ3) is 2.94. The van der Waals surface area contributed by atoms with Crippen molar-refractivity contribution in [1.29, 1.82) is 5.26 Å². The van der Waals surface area contributed by atoms with Gasteiger partial charge in [-0.05, 0) is 48.7 Å². The first-order chi connectivity index (χ1) is 9.51. The Kier molecular flexibility index (Phi) is 3.99. The summed E-state index contributed by atoms with van der Waals surface area (Å²) in [5.41, 5.74) is 2.87. The van der Waals surface area contributed by atoms with Gasteiger partial charge in [0.1, 0.15) is 11.6 Å². The first-order valence-corrected chi connectivity index (χ1v) is 6.20. The molecule has 0 aliphatic rings. The van der Waals surface area contributed by atoms with Gasteiger partial charge in [-0.1, -0.05) is 6.07 Å². The van der Waals surface area contributed by atoms with Gasteiger partial charge >= 0.3 is 0 Å². The van der Waals surface area contributed by atoms with Gasteiger partial charge in [0.25, 0.3) is 0 Å². The maximum atomic E-state index is 13.7. The third-order valence-electron chi connectivity index (χ3n) is 3.19. The quantitative estimate of drug-likeness (QED) is 0.914. The Balaban J connectivity index is 2.17. The van der Waals surface area contributed by atoms with E-state index in [1.807, 2.05) is 13.0 Å². The Morgan fingerprint density at radius 1 is 1.05 bits per heavy atom. The molecule has 2 nitrogen and oxygen atoms in total. The minimum Gasteiger partial charge on any atom is -0.379 e. The van der Waals surface area contributed by atoms with Crippen molar-refractivity contribution in [3.63, 3.8) is 0 Å². The summed E-state index contributed by atoms with van der Waals surface area (Å²) in [5.74, 6) is -0.916. The topological polar surface area (TPSA) is 35.8 Å². The average Bonchev–Trinajstić information content (AvgIpc) is 2.42. The Morgan fingerprint density at radius 2 is 1.80 bits per heavy atom. The molecule has 0 aromatic heterocycles. The molecule has 102 valence electrons. The van der Waals surface area contributed by atoms with E-state index in [1.54, 1.807) is 12.1 Å². The highest BCUT2D eigenvalue weighted by molar-refractivity contribution is 5.48. The fraction of sp³-hybridized carbons (Fsp3) is 0.188. The summed E-state index contributed by atoms with van der Waals surface area (Å²) in [4.78, 5) is 0. The summed E-state index contributed by atoms with van der Waals surface area (Å²) >= 11 is 0. The number of nitrogens with one attached hydrogen (secondary N) is 1. The number of nitriles is 1. The van der Waals surface area contributed by atoms with Crippen LogP contribution in [0.25, 0.3) is 0 Å². The minimum absolute atomic E-state index is 0.136. The van der Waals surface area contributed by atoms with Crippen LogP contribution >= 0.6 is 0 Å². The Bertz CT molecular complexity index is 688. The van der Waals surface area contributed by atoms with Gasteiger partial charge in [-0.25, -0.2) is 8.78 Å². The predicted molar refractivity (Wildman–Crippen MR) is 74.3 cm³/mol. The maximum absolute atomic E-state index is 13.7. The third-order valence-corrected chi connectivity index (χ3v) is 3.19. The maximum Gasteiger partial charge on any atom is 0.146 e. The molecule has 0 aliphatic carbocycles. The van der Waals surface area contributed by atoms with Crippen LogP contribution in [0.5, 0.6) is 0 Å². The second-order valence-corrected chi connectivity index (χ2v) is 4.69. The van der Waals surface area contributed by atoms with Crippen LogP contribution in [-0.4, -0.2) is 0 Å². The van der Waals surface area contributed by atoms with Crippen LogP contribution in [-0.2, 0) is 6.54 Å². The van der Waals surface area contributed by atoms with Gasteiger partial charge in [-0.2, -0.15) is 5.26 Å². The van der Waals surface area contributed by atoms with Gasteiger partial charge < -0.3 is 5.32 Å². The second kappa shape index (κ2) is 5.70. The van der Waals surface area contributed by atoms with E-state index in [1.165, 1.54) is 13.0 Å². The number of nitrogens with zero attached hydrogens (tertiary/aromatic N) is 1. The average molecular weight is 272 g/mol. The van der Waals surface area contributed by atoms with E-state index in [4.69, 9.17) is 5.26 Å². The van der Waals surface area contributed by atoms with Crippen molar-refractivity contribution >= 4 is 5.69 Å². The zero-order valence-corrected chi connectivity index (χ0v) is 11.3. The van der Waals surface area contributed by atoms with Gasteiger partial charge in [-0.15, -0.1) is 0 Å². The number of aryl methyl sites for hydroxylation is 2. The molecule has 0 saturated heterocycles.